The molecule has 0 aliphatic heterocycles. The molecule has 2 saturated carbocycles. The molecule has 3 heteroatoms. The van der Waals surface area contributed by atoms with Crippen LogP contribution in [0.15, 0.2) is 0 Å². The fourth-order valence-electron chi connectivity index (χ4n) is 3.75. The summed E-state index contributed by atoms with van der Waals surface area (Å²) < 4.78 is 11.5. The molecule has 2 rings (SSSR count). The van der Waals surface area contributed by atoms with E-state index >= 15 is 0 Å². The molecular formula is C19H36O3. The molecule has 0 aromatic heterocycles. The molecule has 1 atom stereocenters. The van der Waals surface area contributed by atoms with Gasteiger partial charge in [-0.1, -0.05) is 39.5 Å². The van der Waals surface area contributed by atoms with Gasteiger partial charge in [-0.25, -0.2) is 0 Å². The van der Waals surface area contributed by atoms with Gasteiger partial charge in [-0.2, -0.15) is 0 Å². The molecule has 0 radical (unpaired) electrons. The minimum atomic E-state index is -1.13. The van der Waals surface area contributed by atoms with Gasteiger partial charge in [0, 0.05) is 6.61 Å². The Balaban J connectivity index is 1.57. The predicted molar refractivity (Wildman–Crippen MR) is 89.6 cm³/mol. The van der Waals surface area contributed by atoms with Crippen molar-refractivity contribution in [3.63, 3.8) is 0 Å². The van der Waals surface area contributed by atoms with Crippen molar-refractivity contribution in [2.75, 3.05) is 19.8 Å². The van der Waals surface area contributed by atoms with E-state index in [9.17, 15) is 5.11 Å². The Morgan fingerprint density at radius 3 is 1.77 bits per heavy atom. The van der Waals surface area contributed by atoms with Gasteiger partial charge in [-0.05, 0) is 56.3 Å². The molecule has 1 unspecified atom stereocenters. The highest BCUT2D eigenvalue weighted by molar-refractivity contribution is 4.72. The molecule has 0 spiro atoms. The molecule has 0 heterocycles. The van der Waals surface area contributed by atoms with Crippen LogP contribution in [-0.4, -0.2) is 30.7 Å². The van der Waals surface area contributed by atoms with E-state index in [-0.39, 0.29) is 0 Å². The van der Waals surface area contributed by atoms with Crippen LogP contribution in [0, 0.1) is 23.7 Å². The number of aliphatic hydroxyl groups is 1. The third kappa shape index (κ3) is 6.55. The van der Waals surface area contributed by atoms with E-state index in [0.717, 1.165) is 18.4 Å². The largest absolute Gasteiger partial charge is 0.376 e. The summed E-state index contributed by atoms with van der Waals surface area (Å²) in [6, 6.07) is 0. The zero-order chi connectivity index (χ0) is 16.0. The molecule has 2 fully saturated rings. The van der Waals surface area contributed by atoms with Crippen molar-refractivity contribution in [3.8, 4) is 0 Å². The van der Waals surface area contributed by atoms with E-state index in [1.54, 1.807) is 6.92 Å². The van der Waals surface area contributed by atoms with E-state index in [0.29, 0.717) is 25.0 Å². The molecule has 0 amide bonds. The molecule has 0 aromatic rings. The third-order valence-corrected chi connectivity index (χ3v) is 5.62. The van der Waals surface area contributed by atoms with Crippen molar-refractivity contribution in [3.05, 3.63) is 0 Å². The molecule has 3 nitrogen and oxygen atoms in total. The van der Waals surface area contributed by atoms with E-state index < -0.39 is 5.79 Å². The smallest absolute Gasteiger partial charge is 0.186 e. The van der Waals surface area contributed by atoms with Crippen molar-refractivity contribution in [1.29, 1.82) is 0 Å². The van der Waals surface area contributed by atoms with E-state index in [1.165, 1.54) is 51.4 Å². The Morgan fingerprint density at radius 2 is 1.27 bits per heavy atom. The number of ether oxygens (including phenoxy) is 2. The average molecular weight is 312 g/mol. The van der Waals surface area contributed by atoms with Gasteiger partial charge in [0.05, 0.1) is 6.61 Å². The van der Waals surface area contributed by atoms with Gasteiger partial charge in [-0.15, -0.1) is 0 Å². The Hall–Kier alpha value is -0.120. The third-order valence-electron chi connectivity index (χ3n) is 5.62. The van der Waals surface area contributed by atoms with Crippen LogP contribution in [0.4, 0.5) is 0 Å². The lowest BCUT2D eigenvalue weighted by Crippen LogP contribution is -2.37. The summed E-state index contributed by atoms with van der Waals surface area (Å²) in [4.78, 5) is 0. The Morgan fingerprint density at radius 1 is 0.818 bits per heavy atom. The average Bonchev–Trinajstić information content (AvgIpc) is 2.49. The lowest BCUT2D eigenvalue weighted by Gasteiger charge is -2.31. The van der Waals surface area contributed by atoms with E-state index in [1.807, 2.05) is 0 Å². The van der Waals surface area contributed by atoms with Crippen LogP contribution in [0.1, 0.15) is 72.1 Å². The van der Waals surface area contributed by atoms with Gasteiger partial charge in [-0.3, -0.25) is 0 Å². The summed E-state index contributed by atoms with van der Waals surface area (Å²) in [5, 5.41) is 10.3. The first-order valence-electron chi connectivity index (χ1n) is 9.38. The molecule has 0 bridgehead atoms. The zero-order valence-electron chi connectivity index (χ0n) is 14.9. The first kappa shape index (κ1) is 18.2. The summed E-state index contributed by atoms with van der Waals surface area (Å²) in [7, 11) is 0. The summed E-state index contributed by atoms with van der Waals surface area (Å²) in [6.07, 6.45) is 10.2. The fraction of sp³-hybridized carbons (Fsp3) is 1.00. The summed E-state index contributed by atoms with van der Waals surface area (Å²) >= 11 is 0. The highest BCUT2D eigenvalue weighted by Gasteiger charge is 2.26. The van der Waals surface area contributed by atoms with Crippen LogP contribution in [0.3, 0.4) is 0 Å². The minimum Gasteiger partial charge on any atom is -0.376 e. The Kier molecular flexibility index (Phi) is 7.17. The maximum Gasteiger partial charge on any atom is 0.186 e. The summed E-state index contributed by atoms with van der Waals surface area (Å²) in [6.45, 7) is 8.13. The van der Waals surface area contributed by atoms with Crippen LogP contribution >= 0.6 is 0 Å². The Labute approximate surface area is 136 Å². The normalized spacial score (nSPS) is 36.0. The maximum atomic E-state index is 10.3. The maximum absolute atomic E-state index is 10.3. The first-order chi connectivity index (χ1) is 10.4. The standard InChI is InChI=1S/C19H36O3/c1-15-4-8-17(9-5-15)12-21-14-19(3,20)22-13-18-10-6-16(2)7-11-18/h15-18,20H,4-14H2,1-3H3. The fourth-order valence-corrected chi connectivity index (χ4v) is 3.75. The second-order valence-electron chi connectivity index (χ2n) is 8.25. The van der Waals surface area contributed by atoms with E-state index in [2.05, 4.69) is 13.8 Å². The van der Waals surface area contributed by atoms with Crippen LogP contribution < -0.4 is 0 Å². The van der Waals surface area contributed by atoms with Crippen molar-refractivity contribution in [2.24, 2.45) is 23.7 Å². The molecule has 130 valence electrons. The molecule has 2 aliphatic rings. The quantitative estimate of drug-likeness (QED) is 0.709. The molecule has 0 saturated heterocycles. The van der Waals surface area contributed by atoms with Gasteiger partial charge in [0.25, 0.3) is 0 Å². The van der Waals surface area contributed by atoms with Crippen molar-refractivity contribution in [1.82, 2.24) is 0 Å². The topological polar surface area (TPSA) is 38.7 Å². The van der Waals surface area contributed by atoms with Gasteiger partial charge in [0.1, 0.15) is 6.61 Å². The molecule has 0 aromatic carbocycles. The van der Waals surface area contributed by atoms with Crippen LogP contribution in [0.25, 0.3) is 0 Å². The second-order valence-corrected chi connectivity index (χ2v) is 8.25. The van der Waals surface area contributed by atoms with Gasteiger partial charge >= 0.3 is 0 Å². The number of hydrogen-bond acceptors (Lipinski definition) is 3. The first-order valence-corrected chi connectivity index (χ1v) is 9.38. The monoisotopic (exact) mass is 312 g/mol. The summed E-state index contributed by atoms with van der Waals surface area (Å²) in [5.41, 5.74) is 0. The number of rotatable bonds is 7. The van der Waals surface area contributed by atoms with Gasteiger partial charge in [0.15, 0.2) is 5.79 Å². The molecule has 22 heavy (non-hydrogen) atoms. The lowest BCUT2D eigenvalue weighted by atomic mass is 9.83. The predicted octanol–water partition coefficient (Wildman–Crippen LogP) is 4.38. The van der Waals surface area contributed by atoms with Crippen molar-refractivity contribution < 1.29 is 14.6 Å². The zero-order valence-corrected chi connectivity index (χ0v) is 14.9. The molecule has 2 aliphatic carbocycles. The van der Waals surface area contributed by atoms with Crippen LogP contribution in [-0.2, 0) is 9.47 Å². The van der Waals surface area contributed by atoms with Crippen LogP contribution in [0.5, 0.6) is 0 Å². The van der Waals surface area contributed by atoms with Crippen molar-refractivity contribution in [2.45, 2.75) is 77.9 Å². The van der Waals surface area contributed by atoms with Gasteiger partial charge < -0.3 is 14.6 Å². The minimum absolute atomic E-state index is 0.294. The molecule has 1 N–H and O–H groups in total. The van der Waals surface area contributed by atoms with Crippen LogP contribution in [0.2, 0.25) is 0 Å². The lowest BCUT2D eigenvalue weighted by molar-refractivity contribution is -0.228. The Bertz CT molecular complexity index is 300. The van der Waals surface area contributed by atoms with Crippen molar-refractivity contribution >= 4 is 0 Å². The van der Waals surface area contributed by atoms with Gasteiger partial charge in [0.2, 0.25) is 0 Å². The SMILES string of the molecule is CC1CCC(COCC(C)(O)OCC2CCC(C)CC2)CC1. The number of hydrogen-bond donors (Lipinski definition) is 1. The second kappa shape index (κ2) is 8.65. The highest BCUT2D eigenvalue weighted by Crippen LogP contribution is 2.30. The summed E-state index contributed by atoms with van der Waals surface area (Å²) in [5.74, 6) is 1.89. The van der Waals surface area contributed by atoms with E-state index in [4.69, 9.17) is 9.47 Å². The molecular weight excluding hydrogens is 276 g/mol. The highest BCUT2D eigenvalue weighted by atomic mass is 16.6.